The number of aliphatic hydroxyl groups is 1. The number of rotatable bonds is 8. The molecule has 0 radical (unpaired) electrons. The molecular formula is C41H56O10. The first kappa shape index (κ1) is 36.4. The van der Waals surface area contributed by atoms with Crippen molar-refractivity contribution in [1.29, 1.82) is 0 Å². The Hall–Kier alpha value is -2.98. The maximum absolute atomic E-state index is 12.0. The fourth-order valence-electron chi connectivity index (χ4n) is 12.2. The second-order valence-electron chi connectivity index (χ2n) is 17.6. The van der Waals surface area contributed by atoms with E-state index in [1.807, 2.05) is 0 Å². The standard InChI is InChI=1S/C16H24O2.C14H20O3.C11H12O5/c1-4-16(18-15(17)10(2)3)13-6-11-5-12(8-13)9-14(16)7-11;1-9(8-15)13(16)17-14-5-10-2-11(6-14)4-12(3-10)7-14;1-4(2)10(12)15-8-6-3-5-7(14-6)9(8)16-11(5)13/h11-14H,2,4-9H2,1,3H3;10-12,15H,1-8H2;5-9H,1,3H2,2H3. The maximum atomic E-state index is 12.0. The van der Waals surface area contributed by atoms with E-state index in [0.717, 1.165) is 55.3 Å². The zero-order valence-electron chi connectivity index (χ0n) is 30.6. The largest absolute Gasteiger partial charge is 0.456 e. The number of fused-ring (bicyclic) bond motifs is 1. The van der Waals surface area contributed by atoms with Gasteiger partial charge in [0.05, 0.1) is 24.2 Å². The molecule has 10 bridgehead atoms. The molecule has 0 aromatic carbocycles. The van der Waals surface area contributed by atoms with Gasteiger partial charge in [0, 0.05) is 11.1 Å². The molecule has 0 spiro atoms. The third kappa shape index (κ3) is 6.73. The monoisotopic (exact) mass is 708 g/mol. The number of aliphatic hydroxyl groups excluding tert-OH is 1. The minimum absolute atomic E-state index is 0.158. The van der Waals surface area contributed by atoms with Crippen molar-refractivity contribution in [2.75, 3.05) is 6.61 Å². The van der Waals surface area contributed by atoms with Crippen molar-refractivity contribution in [3.63, 3.8) is 0 Å². The number of hydrogen-bond donors (Lipinski definition) is 1. The van der Waals surface area contributed by atoms with E-state index in [1.54, 1.807) is 13.8 Å². The summed E-state index contributed by atoms with van der Waals surface area (Å²) in [6.07, 6.45) is 13.9. The molecule has 10 heteroatoms. The van der Waals surface area contributed by atoms with Crippen LogP contribution in [0.4, 0.5) is 0 Å². The van der Waals surface area contributed by atoms with Gasteiger partial charge in [-0.3, -0.25) is 4.79 Å². The van der Waals surface area contributed by atoms with Gasteiger partial charge >= 0.3 is 23.9 Å². The zero-order chi connectivity index (χ0) is 36.4. The SMILES string of the molecule is C=C(C)C(=O)OC1(CC)C2CC3CC(C2)CC1C3.C=C(C)C(=O)OC1C2CC3C(=O)OC1C3O2.C=C(CO)C(=O)OC12CC3CC(CC(C3)C1)C2. The molecule has 11 aliphatic rings. The predicted molar refractivity (Wildman–Crippen MR) is 186 cm³/mol. The summed E-state index contributed by atoms with van der Waals surface area (Å²) in [6, 6.07) is 0. The molecule has 3 aliphatic heterocycles. The van der Waals surface area contributed by atoms with Crippen LogP contribution in [-0.2, 0) is 42.9 Å². The lowest BCUT2D eigenvalue weighted by Crippen LogP contribution is -2.59. The third-order valence-electron chi connectivity index (χ3n) is 13.9. The van der Waals surface area contributed by atoms with Crippen LogP contribution in [0.2, 0.25) is 0 Å². The van der Waals surface area contributed by atoms with E-state index in [4.69, 9.17) is 28.8 Å². The molecule has 0 aromatic heterocycles. The average Bonchev–Trinajstić information content (AvgIpc) is 3.71. The Kier molecular flexibility index (Phi) is 9.83. The first-order valence-corrected chi connectivity index (χ1v) is 19.4. The molecule has 11 fully saturated rings. The van der Waals surface area contributed by atoms with Gasteiger partial charge in [-0.25, -0.2) is 14.4 Å². The van der Waals surface area contributed by atoms with Gasteiger partial charge in [-0.05, 0) is 139 Å². The molecule has 1 N–H and O–H groups in total. The second kappa shape index (κ2) is 13.8. The van der Waals surface area contributed by atoms with Crippen LogP contribution in [0.3, 0.4) is 0 Å². The fraction of sp³-hybridized carbons (Fsp3) is 0.756. The molecule has 8 aliphatic carbocycles. The summed E-state index contributed by atoms with van der Waals surface area (Å²) in [5, 5.41) is 8.92. The summed E-state index contributed by atoms with van der Waals surface area (Å²) < 4.78 is 27.7. The molecule has 280 valence electrons. The molecule has 5 unspecified atom stereocenters. The maximum Gasteiger partial charge on any atom is 0.336 e. The number of esters is 4. The molecule has 5 atom stereocenters. The Balaban J connectivity index is 0.000000120. The molecule has 51 heavy (non-hydrogen) atoms. The van der Waals surface area contributed by atoms with Crippen molar-refractivity contribution >= 4 is 23.9 Å². The van der Waals surface area contributed by atoms with Gasteiger partial charge in [0.25, 0.3) is 0 Å². The van der Waals surface area contributed by atoms with Gasteiger partial charge in [0.1, 0.15) is 17.3 Å². The van der Waals surface area contributed by atoms with Crippen molar-refractivity contribution in [2.45, 2.75) is 140 Å². The lowest BCUT2D eigenvalue weighted by Gasteiger charge is -2.60. The molecule has 0 aromatic rings. The summed E-state index contributed by atoms with van der Waals surface area (Å²) >= 11 is 0. The molecule has 10 nitrogen and oxygen atoms in total. The summed E-state index contributed by atoms with van der Waals surface area (Å²) in [7, 11) is 0. The van der Waals surface area contributed by atoms with E-state index >= 15 is 0 Å². The molecule has 11 rings (SSSR count). The van der Waals surface area contributed by atoms with Crippen molar-refractivity contribution in [3.05, 3.63) is 36.5 Å². The van der Waals surface area contributed by atoms with Gasteiger partial charge in [0.2, 0.25) is 0 Å². The van der Waals surface area contributed by atoms with E-state index in [-0.39, 0.29) is 53.4 Å². The van der Waals surface area contributed by atoms with Crippen molar-refractivity contribution in [3.8, 4) is 0 Å². The summed E-state index contributed by atoms with van der Waals surface area (Å²) in [4.78, 5) is 46.6. The molecule has 8 saturated carbocycles. The van der Waals surface area contributed by atoms with E-state index in [9.17, 15) is 19.2 Å². The van der Waals surface area contributed by atoms with E-state index < -0.39 is 24.1 Å². The van der Waals surface area contributed by atoms with Gasteiger partial charge in [0.15, 0.2) is 12.2 Å². The first-order valence-electron chi connectivity index (χ1n) is 19.4. The van der Waals surface area contributed by atoms with Crippen LogP contribution >= 0.6 is 0 Å². The van der Waals surface area contributed by atoms with Gasteiger partial charge in [-0.15, -0.1) is 0 Å². The Morgan fingerprint density at radius 2 is 1.27 bits per heavy atom. The molecule has 3 saturated heterocycles. The highest BCUT2D eigenvalue weighted by Gasteiger charge is 2.65. The Morgan fingerprint density at radius 1 is 0.745 bits per heavy atom. The smallest absolute Gasteiger partial charge is 0.336 e. The summed E-state index contributed by atoms with van der Waals surface area (Å²) in [6.45, 7) is 16.0. The number of carbonyl (C=O) groups excluding carboxylic acids is 4. The average molecular weight is 709 g/mol. The summed E-state index contributed by atoms with van der Waals surface area (Å²) in [5.74, 6) is 3.92. The van der Waals surface area contributed by atoms with Crippen LogP contribution in [0.15, 0.2) is 36.5 Å². The van der Waals surface area contributed by atoms with Crippen LogP contribution in [-0.4, -0.2) is 71.2 Å². The Bertz CT molecular complexity index is 1410. The second-order valence-corrected chi connectivity index (χ2v) is 17.6. The minimum atomic E-state index is -0.461. The van der Waals surface area contributed by atoms with Crippen molar-refractivity contribution < 1.29 is 48.0 Å². The molecule has 0 amide bonds. The number of ether oxygens (including phenoxy) is 5. The van der Waals surface area contributed by atoms with Crippen LogP contribution in [0.25, 0.3) is 0 Å². The normalized spacial score (nSPS) is 43.6. The van der Waals surface area contributed by atoms with Crippen LogP contribution in [0.1, 0.15) is 104 Å². The molecular weight excluding hydrogens is 652 g/mol. The van der Waals surface area contributed by atoms with E-state index in [1.165, 1.54) is 51.4 Å². The van der Waals surface area contributed by atoms with Gasteiger partial charge in [-0.1, -0.05) is 26.7 Å². The predicted octanol–water partition coefficient (Wildman–Crippen LogP) is 5.94. The number of carbonyl (C=O) groups is 4. The quantitative estimate of drug-likeness (QED) is 0.183. The number of hydrogen-bond acceptors (Lipinski definition) is 10. The fourth-order valence-corrected chi connectivity index (χ4v) is 12.2. The molecule has 3 heterocycles. The highest BCUT2D eigenvalue weighted by Crippen LogP contribution is 2.61. The van der Waals surface area contributed by atoms with Crippen LogP contribution < -0.4 is 0 Å². The van der Waals surface area contributed by atoms with Crippen LogP contribution in [0.5, 0.6) is 0 Å². The highest BCUT2D eigenvalue weighted by molar-refractivity contribution is 5.88. The van der Waals surface area contributed by atoms with E-state index in [2.05, 4.69) is 26.7 Å². The zero-order valence-corrected chi connectivity index (χ0v) is 30.6. The Morgan fingerprint density at radius 3 is 1.76 bits per heavy atom. The van der Waals surface area contributed by atoms with E-state index in [0.29, 0.717) is 29.4 Å². The van der Waals surface area contributed by atoms with Gasteiger partial charge < -0.3 is 28.8 Å². The Labute approximate surface area is 301 Å². The first-order chi connectivity index (χ1) is 24.2. The lowest BCUT2D eigenvalue weighted by atomic mass is 9.49. The highest BCUT2D eigenvalue weighted by atomic mass is 16.7. The topological polar surface area (TPSA) is 135 Å². The minimum Gasteiger partial charge on any atom is -0.456 e. The lowest BCUT2D eigenvalue weighted by molar-refractivity contribution is -0.207. The third-order valence-corrected chi connectivity index (χ3v) is 13.9. The van der Waals surface area contributed by atoms with Gasteiger partial charge in [-0.2, -0.15) is 0 Å². The van der Waals surface area contributed by atoms with Crippen LogP contribution in [0, 0.1) is 47.3 Å². The van der Waals surface area contributed by atoms with Crippen molar-refractivity contribution in [2.24, 2.45) is 47.3 Å². The summed E-state index contributed by atoms with van der Waals surface area (Å²) in [5.41, 5.74) is 0.675. The van der Waals surface area contributed by atoms with Crippen molar-refractivity contribution in [1.82, 2.24) is 0 Å².